The number of carbonyl (C=O) groups excluding carboxylic acids is 1. The zero-order valence-corrected chi connectivity index (χ0v) is 15.8. The highest BCUT2D eigenvalue weighted by molar-refractivity contribution is 5.89. The monoisotopic (exact) mass is 384 g/mol. The summed E-state index contributed by atoms with van der Waals surface area (Å²) in [6.07, 6.45) is 3.44. The Kier molecular flexibility index (Phi) is 5.78. The first-order valence-electron chi connectivity index (χ1n) is 8.53. The molecule has 3 aromatic rings. The number of imidazole rings is 1. The number of carbonyl (C=O) groups is 1. The average molecular weight is 384 g/mol. The van der Waals surface area contributed by atoms with Crippen molar-refractivity contribution in [3.63, 3.8) is 0 Å². The van der Waals surface area contributed by atoms with E-state index >= 15 is 0 Å². The number of rotatable bonds is 6. The lowest BCUT2D eigenvalue weighted by atomic mass is 10.1. The highest BCUT2D eigenvalue weighted by atomic mass is 19.1. The second-order valence-corrected chi connectivity index (χ2v) is 6.08. The molecule has 0 aliphatic carbocycles. The molecule has 0 saturated carbocycles. The third-order valence-electron chi connectivity index (χ3n) is 4.20. The Morgan fingerprint density at radius 1 is 1.11 bits per heavy atom. The number of methoxy groups -OCH3 is 2. The summed E-state index contributed by atoms with van der Waals surface area (Å²) in [5.41, 5.74) is 1.21. The molecule has 0 aliphatic rings. The molecule has 0 bridgehead atoms. The van der Waals surface area contributed by atoms with Crippen molar-refractivity contribution < 1.29 is 18.7 Å². The number of nitrogens with zero attached hydrogens (tertiary/aromatic N) is 2. The highest BCUT2D eigenvalue weighted by Crippen LogP contribution is 2.29. The molecule has 1 heterocycles. The number of urea groups is 1. The van der Waals surface area contributed by atoms with Gasteiger partial charge in [-0.3, -0.25) is 0 Å². The molecule has 8 heteroatoms. The fraction of sp³-hybridized carbons (Fsp3) is 0.200. The van der Waals surface area contributed by atoms with Crippen LogP contribution in [0.1, 0.15) is 17.4 Å². The van der Waals surface area contributed by atoms with Crippen molar-refractivity contribution in [2.45, 2.75) is 6.04 Å². The van der Waals surface area contributed by atoms with E-state index in [1.54, 1.807) is 44.8 Å². The molecule has 0 fully saturated rings. The molecule has 2 N–H and O–H groups in total. The van der Waals surface area contributed by atoms with E-state index in [1.165, 1.54) is 24.3 Å². The van der Waals surface area contributed by atoms with Crippen molar-refractivity contribution in [1.29, 1.82) is 0 Å². The molecule has 3 rings (SSSR count). The summed E-state index contributed by atoms with van der Waals surface area (Å²) in [5.74, 6) is 1.44. The molecule has 28 heavy (non-hydrogen) atoms. The molecule has 2 aromatic carbocycles. The van der Waals surface area contributed by atoms with Crippen LogP contribution in [-0.2, 0) is 7.05 Å². The van der Waals surface area contributed by atoms with Gasteiger partial charge in [0.15, 0.2) is 0 Å². The van der Waals surface area contributed by atoms with Gasteiger partial charge < -0.3 is 24.7 Å². The molecule has 0 spiro atoms. The maximum Gasteiger partial charge on any atom is 0.320 e. The Balaban J connectivity index is 1.91. The number of ether oxygens (including phenoxy) is 2. The van der Waals surface area contributed by atoms with E-state index < -0.39 is 12.1 Å². The van der Waals surface area contributed by atoms with E-state index in [9.17, 15) is 9.18 Å². The third kappa shape index (κ3) is 4.40. The zero-order chi connectivity index (χ0) is 20.1. The molecule has 2 amide bonds. The summed E-state index contributed by atoms with van der Waals surface area (Å²) >= 11 is 0. The van der Waals surface area contributed by atoms with Gasteiger partial charge in [-0.1, -0.05) is 0 Å². The summed E-state index contributed by atoms with van der Waals surface area (Å²) in [4.78, 5) is 16.9. The van der Waals surface area contributed by atoms with E-state index in [4.69, 9.17) is 9.47 Å². The largest absolute Gasteiger partial charge is 0.497 e. The number of halogens is 1. The van der Waals surface area contributed by atoms with Crippen LogP contribution in [0.3, 0.4) is 0 Å². The predicted molar refractivity (Wildman–Crippen MR) is 103 cm³/mol. The number of aryl methyl sites for hydroxylation is 1. The minimum Gasteiger partial charge on any atom is -0.497 e. The van der Waals surface area contributed by atoms with Crippen LogP contribution in [0.4, 0.5) is 14.9 Å². The molecular formula is C20H21FN4O3. The van der Waals surface area contributed by atoms with E-state index in [-0.39, 0.29) is 5.82 Å². The van der Waals surface area contributed by atoms with Gasteiger partial charge in [0.25, 0.3) is 0 Å². The van der Waals surface area contributed by atoms with Gasteiger partial charge in [-0.2, -0.15) is 0 Å². The first-order chi connectivity index (χ1) is 13.5. The molecule has 0 aliphatic heterocycles. The Morgan fingerprint density at radius 3 is 2.29 bits per heavy atom. The quantitative estimate of drug-likeness (QED) is 0.682. The molecular weight excluding hydrogens is 363 g/mol. The Labute approximate surface area is 162 Å². The fourth-order valence-electron chi connectivity index (χ4n) is 2.78. The number of hydrogen-bond acceptors (Lipinski definition) is 4. The molecule has 0 saturated heterocycles. The standard InChI is InChI=1S/C20H21FN4O3/c1-25-9-8-22-19(25)18(13-10-16(27-2)12-17(11-13)28-3)24-20(26)23-15-6-4-14(21)5-7-15/h4-12,18H,1-3H3,(H2,23,24,26). The van der Waals surface area contributed by atoms with Crippen LogP contribution in [0.5, 0.6) is 11.5 Å². The maximum absolute atomic E-state index is 13.1. The van der Waals surface area contributed by atoms with Crippen molar-refractivity contribution in [3.8, 4) is 11.5 Å². The van der Waals surface area contributed by atoms with Gasteiger partial charge in [-0.05, 0) is 42.0 Å². The van der Waals surface area contributed by atoms with Crippen molar-refractivity contribution in [2.75, 3.05) is 19.5 Å². The van der Waals surface area contributed by atoms with Crippen molar-refractivity contribution in [3.05, 3.63) is 72.1 Å². The topological polar surface area (TPSA) is 77.4 Å². The number of hydrogen-bond donors (Lipinski definition) is 2. The van der Waals surface area contributed by atoms with Gasteiger partial charge in [0.1, 0.15) is 29.2 Å². The van der Waals surface area contributed by atoms with Gasteiger partial charge in [0.2, 0.25) is 0 Å². The van der Waals surface area contributed by atoms with Crippen LogP contribution in [-0.4, -0.2) is 29.8 Å². The minimum absolute atomic E-state index is 0.375. The molecule has 0 radical (unpaired) electrons. The van der Waals surface area contributed by atoms with Crippen LogP contribution < -0.4 is 20.1 Å². The first kappa shape index (κ1) is 19.2. The van der Waals surface area contributed by atoms with Crippen LogP contribution >= 0.6 is 0 Å². The summed E-state index contributed by atoms with van der Waals surface area (Å²) in [6, 6.07) is 9.86. The minimum atomic E-state index is -0.565. The molecule has 1 unspecified atom stereocenters. The van der Waals surface area contributed by atoms with Crippen molar-refractivity contribution in [1.82, 2.24) is 14.9 Å². The van der Waals surface area contributed by atoms with Crippen molar-refractivity contribution >= 4 is 11.7 Å². The SMILES string of the molecule is COc1cc(OC)cc(C(NC(=O)Nc2ccc(F)cc2)c2nccn2C)c1. The van der Waals surface area contributed by atoms with Gasteiger partial charge in [0.05, 0.1) is 14.2 Å². The summed E-state index contributed by atoms with van der Waals surface area (Å²) in [6.45, 7) is 0. The van der Waals surface area contributed by atoms with Crippen LogP contribution in [0, 0.1) is 5.82 Å². The third-order valence-corrected chi connectivity index (χ3v) is 4.20. The number of aromatic nitrogens is 2. The Morgan fingerprint density at radius 2 is 1.75 bits per heavy atom. The molecule has 1 aromatic heterocycles. The Hall–Kier alpha value is -3.55. The summed E-state index contributed by atoms with van der Waals surface area (Å²) < 4.78 is 25.6. The van der Waals surface area contributed by atoms with Gasteiger partial charge in [-0.25, -0.2) is 14.2 Å². The first-order valence-corrected chi connectivity index (χ1v) is 8.53. The maximum atomic E-state index is 13.1. The number of benzene rings is 2. The molecule has 146 valence electrons. The normalized spacial score (nSPS) is 11.6. The fourth-order valence-corrected chi connectivity index (χ4v) is 2.78. The number of amides is 2. The second kappa shape index (κ2) is 8.43. The van der Waals surface area contributed by atoms with Crippen molar-refractivity contribution in [2.24, 2.45) is 7.05 Å². The van der Waals surface area contributed by atoms with E-state index in [1.807, 2.05) is 11.6 Å². The Bertz CT molecular complexity index is 934. The van der Waals surface area contributed by atoms with E-state index in [0.29, 0.717) is 23.0 Å². The van der Waals surface area contributed by atoms with Gasteiger partial charge in [0, 0.05) is 31.2 Å². The van der Waals surface area contributed by atoms with Crippen LogP contribution in [0.25, 0.3) is 0 Å². The summed E-state index contributed by atoms with van der Waals surface area (Å²) in [7, 11) is 4.96. The molecule has 1 atom stereocenters. The predicted octanol–water partition coefficient (Wildman–Crippen LogP) is 3.49. The van der Waals surface area contributed by atoms with Crippen LogP contribution in [0.15, 0.2) is 54.9 Å². The van der Waals surface area contributed by atoms with Gasteiger partial charge in [-0.15, -0.1) is 0 Å². The highest BCUT2D eigenvalue weighted by Gasteiger charge is 2.22. The summed E-state index contributed by atoms with van der Waals surface area (Å²) in [5, 5.41) is 5.60. The van der Waals surface area contributed by atoms with E-state index in [2.05, 4.69) is 15.6 Å². The zero-order valence-electron chi connectivity index (χ0n) is 15.8. The number of anilines is 1. The number of nitrogens with one attached hydrogen (secondary N) is 2. The lowest BCUT2D eigenvalue weighted by molar-refractivity contribution is 0.249. The van der Waals surface area contributed by atoms with E-state index in [0.717, 1.165) is 5.56 Å². The van der Waals surface area contributed by atoms with Crippen LogP contribution in [0.2, 0.25) is 0 Å². The second-order valence-electron chi connectivity index (χ2n) is 6.08. The smallest absolute Gasteiger partial charge is 0.320 e. The van der Waals surface area contributed by atoms with Gasteiger partial charge >= 0.3 is 6.03 Å². The molecule has 7 nitrogen and oxygen atoms in total. The lowest BCUT2D eigenvalue weighted by Gasteiger charge is -2.21. The lowest BCUT2D eigenvalue weighted by Crippen LogP contribution is -2.34. The average Bonchev–Trinajstić information content (AvgIpc) is 3.13.